The summed E-state index contributed by atoms with van der Waals surface area (Å²) in [5, 5.41) is 8.90. The van der Waals surface area contributed by atoms with Gasteiger partial charge in [-0.25, -0.2) is 8.42 Å². The number of carboxylic acids is 1. The molecule has 0 aliphatic heterocycles. The average molecular weight is 559 g/mol. The lowest BCUT2D eigenvalue weighted by molar-refractivity contribution is -0.137. The molecule has 7 nitrogen and oxygen atoms in total. The first kappa shape index (κ1) is 28.7. The second-order valence-electron chi connectivity index (χ2n) is 9.80. The molecule has 0 aliphatic rings. The van der Waals surface area contributed by atoms with E-state index in [-0.39, 0.29) is 6.42 Å². The highest BCUT2D eigenvalue weighted by Gasteiger charge is 2.15. The van der Waals surface area contributed by atoms with E-state index in [1.165, 1.54) is 0 Å². The third-order valence-corrected chi connectivity index (χ3v) is 7.06. The summed E-state index contributed by atoms with van der Waals surface area (Å²) < 4.78 is 32.5. The monoisotopic (exact) mass is 558 g/mol. The summed E-state index contributed by atoms with van der Waals surface area (Å²) in [5.74, 6) is 0.736. The van der Waals surface area contributed by atoms with Gasteiger partial charge in [-0.15, -0.1) is 0 Å². The predicted octanol–water partition coefficient (Wildman–Crippen LogP) is 6.77. The first-order valence-corrected chi connectivity index (χ1v) is 15.0. The maximum Gasteiger partial charge on any atom is 0.303 e. The molecule has 0 saturated carbocycles. The van der Waals surface area contributed by atoms with Crippen LogP contribution in [0.5, 0.6) is 11.5 Å². The fourth-order valence-electron chi connectivity index (χ4n) is 4.49. The van der Waals surface area contributed by atoms with Crippen LogP contribution in [0.25, 0.3) is 0 Å². The van der Waals surface area contributed by atoms with Crippen LogP contribution < -0.4 is 14.4 Å². The van der Waals surface area contributed by atoms with Crippen LogP contribution >= 0.6 is 0 Å². The topological polar surface area (TPSA) is 95.9 Å². The Morgan fingerprint density at radius 1 is 0.800 bits per heavy atom. The van der Waals surface area contributed by atoms with Gasteiger partial charge in [0.1, 0.15) is 11.5 Å². The van der Waals surface area contributed by atoms with Crippen LogP contribution in [0.2, 0.25) is 0 Å². The van der Waals surface area contributed by atoms with Crippen molar-refractivity contribution in [2.24, 2.45) is 0 Å². The van der Waals surface area contributed by atoms with Crippen LogP contribution in [-0.4, -0.2) is 25.7 Å². The molecule has 4 aromatic carbocycles. The zero-order chi connectivity index (χ0) is 28.5. The van der Waals surface area contributed by atoms with Crippen molar-refractivity contribution < 1.29 is 23.1 Å². The predicted molar refractivity (Wildman–Crippen MR) is 160 cm³/mol. The molecule has 0 saturated heterocycles. The lowest BCUT2D eigenvalue weighted by Gasteiger charge is -2.28. The number of sulfonamides is 1. The molecule has 4 aromatic rings. The van der Waals surface area contributed by atoms with Crippen LogP contribution in [0.4, 0.5) is 11.4 Å². The second kappa shape index (κ2) is 13.2. The van der Waals surface area contributed by atoms with Gasteiger partial charge in [0, 0.05) is 25.2 Å². The van der Waals surface area contributed by atoms with Crippen molar-refractivity contribution in [1.29, 1.82) is 0 Å². The quantitative estimate of drug-likeness (QED) is 0.188. The molecule has 0 radical (unpaired) electrons. The molecule has 0 spiro atoms. The van der Waals surface area contributed by atoms with E-state index in [9.17, 15) is 13.2 Å². The van der Waals surface area contributed by atoms with E-state index in [1.54, 1.807) is 6.07 Å². The summed E-state index contributed by atoms with van der Waals surface area (Å²) in [6.07, 6.45) is 2.62. The first-order chi connectivity index (χ1) is 19.2. The Morgan fingerprint density at radius 3 is 1.98 bits per heavy atom. The van der Waals surface area contributed by atoms with Crippen molar-refractivity contribution in [3.63, 3.8) is 0 Å². The van der Waals surface area contributed by atoms with E-state index < -0.39 is 16.0 Å². The summed E-state index contributed by atoms with van der Waals surface area (Å²) in [6, 6.07) is 31.4. The van der Waals surface area contributed by atoms with Crippen molar-refractivity contribution in [2.75, 3.05) is 15.9 Å². The molecule has 0 fully saturated rings. The molecule has 0 atom stereocenters. The minimum atomic E-state index is -3.43. The number of aryl methyl sites for hydroxylation is 1. The minimum Gasteiger partial charge on any atom is -0.481 e. The van der Waals surface area contributed by atoms with Gasteiger partial charge in [0.15, 0.2) is 0 Å². The molecule has 0 aliphatic carbocycles. The zero-order valence-corrected chi connectivity index (χ0v) is 23.5. The highest BCUT2D eigenvalue weighted by atomic mass is 32.2. The fourth-order valence-corrected chi connectivity index (χ4v) is 5.11. The molecule has 0 unspecified atom stereocenters. The number of ether oxygens (including phenoxy) is 1. The first-order valence-electron chi connectivity index (χ1n) is 13.1. The molecule has 2 N–H and O–H groups in total. The Hall–Kier alpha value is -4.30. The largest absolute Gasteiger partial charge is 0.481 e. The summed E-state index contributed by atoms with van der Waals surface area (Å²) in [7, 11) is -3.43. The smallest absolute Gasteiger partial charge is 0.303 e. The molecular weight excluding hydrogens is 524 g/mol. The summed E-state index contributed by atoms with van der Waals surface area (Å²) in [6.45, 7) is 3.11. The Balaban J connectivity index is 1.57. The molecular formula is C32H34N2O5S. The fraction of sp³-hybridized carbons (Fsp3) is 0.219. The number of benzene rings is 4. The highest BCUT2D eigenvalue weighted by Crippen LogP contribution is 2.31. The number of hydrogen-bond acceptors (Lipinski definition) is 5. The molecule has 0 heterocycles. The van der Waals surface area contributed by atoms with Crippen molar-refractivity contribution in [3.8, 4) is 11.5 Å². The van der Waals surface area contributed by atoms with Crippen LogP contribution in [0, 0.1) is 6.92 Å². The molecule has 0 bridgehead atoms. The molecule has 8 heteroatoms. The van der Waals surface area contributed by atoms with E-state index in [4.69, 9.17) is 9.84 Å². The van der Waals surface area contributed by atoms with E-state index in [2.05, 4.69) is 21.8 Å². The number of hydrogen-bond donors (Lipinski definition) is 2. The number of nitrogens with zero attached hydrogens (tertiary/aromatic N) is 1. The molecule has 40 heavy (non-hydrogen) atoms. The Bertz CT molecular complexity index is 1520. The van der Waals surface area contributed by atoms with E-state index in [0.29, 0.717) is 31.6 Å². The van der Waals surface area contributed by atoms with Gasteiger partial charge in [-0.3, -0.25) is 9.52 Å². The van der Waals surface area contributed by atoms with Gasteiger partial charge >= 0.3 is 5.97 Å². The van der Waals surface area contributed by atoms with Crippen LogP contribution in [-0.2, 0) is 34.3 Å². The third kappa shape index (κ3) is 8.61. The van der Waals surface area contributed by atoms with Crippen molar-refractivity contribution in [2.45, 2.75) is 39.3 Å². The van der Waals surface area contributed by atoms with Gasteiger partial charge < -0.3 is 14.7 Å². The highest BCUT2D eigenvalue weighted by molar-refractivity contribution is 7.92. The normalized spacial score (nSPS) is 11.2. The second-order valence-corrected chi connectivity index (χ2v) is 11.6. The summed E-state index contributed by atoms with van der Waals surface area (Å²) >= 11 is 0. The van der Waals surface area contributed by atoms with Crippen molar-refractivity contribution in [3.05, 3.63) is 119 Å². The Labute approximate surface area is 236 Å². The minimum absolute atomic E-state index is 0.155. The van der Waals surface area contributed by atoms with Crippen molar-refractivity contribution >= 4 is 27.4 Å². The van der Waals surface area contributed by atoms with Gasteiger partial charge in [0.2, 0.25) is 10.0 Å². The van der Waals surface area contributed by atoms with Gasteiger partial charge in [0.05, 0.1) is 11.9 Å². The molecule has 0 aromatic heterocycles. The number of aliphatic carboxylic acids is 1. The number of rotatable bonds is 13. The summed E-state index contributed by atoms with van der Waals surface area (Å²) in [5.41, 5.74) is 5.57. The third-order valence-electron chi connectivity index (χ3n) is 6.47. The molecule has 4 rings (SSSR count). The summed E-state index contributed by atoms with van der Waals surface area (Å²) in [4.78, 5) is 13.0. The van der Waals surface area contributed by atoms with Gasteiger partial charge in [-0.1, -0.05) is 60.7 Å². The number of nitrogens with one attached hydrogen (secondary N) is 1. The van der Waals surface area contributed by atoms with E-state index in [0.717, 1.165) is 45.7 Å². The number of anilines is 2. The number of para-hydroxylation sites is 1. The molecule has 0 amide bonds. The maximum absolute atomic E-state index is 12.0. The maximum atomic E-state index is 12.0. The van der Waals surface area contributed by atoms with E-state index >= 15 is 0 Å². The van der Waals surface area contributed by atoms with Gasteiger partial charge in [0.25, 0.3) is 0 Å². The van der Waals surface area contributed by atoms with Gasteiger partial charge in [-0.05, 0) is 78.4 Å². The number of carbonyl (C=O) groups is 1. The zero-order valence-electron chi connectivity index (χ0n) is 22.7. The molecule has 208 valence electrons. The van der Waals surface area contributed by atoms with Crippen LogP contribution in [0.15, 0.2) is 97.1 Å². The lowest BCUT2D eigenvalue weighted by atomic mass is 10.0. The standard InChI is InChI=1S/C32H34N2O5S/c1-24-30(33-40(2,37)38)11-7-12-31(24)34(22-26-16-14-25(15-17-26)8-6-13-32(35)36)23-27-18-20-29(21-19-27)39-28-9-4-3-5-10-28/h3-5,7,9-12,14-21,33H,6,8,13,22-23H2,1-2H3,(H,35,36). The Morgan fingerprint density at radius 2 is 1.38 bits per heavy atom. The van der Waals surface area contributed by atoms with Gasteiger partial charge in [-0.2, -0.15) is 0 Å². The SMILES string of the molecule is Cc1c(NS(C)(=O)=O)cccc1N(Cc1ccc(CCCC(=O)O)cc1)Cc1ccc(Oc2ccccc2)cc1. The van der Waals surface area contributed by atoms with Crippen molar-refractivity contribution in [1.82, 2.24) is 0 Å². The average Bonchev–Trinajstić information content (AvgIpc) is 2.91. The number of carboxylic acid groups (broad SMARTS) is 1. The van der Waals surface area contributed by atoms with Crippen LogP contribution in [0.3, 0.4) is 0 Å². The van der Waals surface area contributed by atoms with Crippen LogP contribution in [0.1, 0.15) is 35.1 Å². The Kier molecular flexibility index (Phi) is 9.45. The van der Waals surface area contributed by atoms with E-state index in [1.807, 2.05) is 85.8 Å². The lowest BCUT2D eigenvalue weighted by Crippen LogP contribution is -2.23.